The Morgan fingerprint density at radius 2 is 2.15 bits per heavy atom. The van der Waals surface area contributed by atoms with Crippen molar-refractivity contribution in [3.05, 3.63) is 27.5 Å². The van der Waals surface area contributed by atoms with Crippen molar-refractivity contribution >= 4 is 44.7 Å². The molecule has 0 saturated heterocycles. The number of aromatic nitrogens is 3. The van der Waals surface area contributed by atoms with Crippen LogP contribution < -0.4 is 10.2 Å². The summed E-state index contributed by atoms with van der Waals surface area (Å²) in [7, 11) is 3.89. The Hall–Kier alpha value is -1.73. The molecule has 0 amide bonds. The lowest BCUT2D eigenvalue weighted by Gasteiger charge is -2.19. The van der Waals surface area contributed by atoms with E-state index in [-0.39, 0.29) is 0 Å². The minimum atomic E-state index is 0.655. The first kappa shape index (κ1) is 13.3. The van der Waals surface area contributed by atoms with Crippen LogP contribution in [0.25, 0.3) is 10.2 Å². The van der Waals surface area contributed by atoms with Crippen molar-refractivity contribution < 1.29 is 0 Å². The fourth-order valence-corrected chi connectivity index (χ4v) is 3.60. The maximum absolute atomic E-state index is 4.60. The highest BCUT2D eigenvalue weighted by molar-refractivity contribution is 7.16. The van der Waals surface area contributed by atoms with E-state index in [0.717, 1.165) is 28.3 Å². The highest BCUT2D eigenvalue weighted by Crippen LogP contribution is 2.29. The van der Waals surface area contributed by atoms with Crippen LogP contribution in [0.15, 0.2) is 17.0 Å². The minimum Gasteiger partial charge on any atom is -0.357 e. The predicted octanol–water partition coefficient (Wildman–Crippen LogP) is 3.13. The molecule has 0 bridgehead atoms. The molecular formula is C13H15N5S2. The van der Waals surface area contributed by atoms with E-state index in [9.17, 15) is 0 Å². The second-order valence-corrected chi connectivity index (χ2v) is 6.31. The number of rotatable bonds is 4. The Bertz CT molecular complexity index is 733. The van der Waals surface area contributed by atoms with E-state index in [0.29, 0.717) is 5.95 Å². The molecule has 0 aromatic carbocycles. The lowest BCUT2D eigenvalue weighted by Crippen LogP contribution is -2.18. The number of thiophene rings is 1. The first-order chi connectivity index (χ1) is 9.69. The van der Waals surface area contributed by atoms with Gasteiger partial charge in [-0.1, -0.05) is 0 Å². The van der Waals surface area contributed by atoms with Gasteiger partial charge in [0.1, 0.15) is 10.6 Å². The topological polar surface area (TPSA) is 53.9 Å². The maximum atomic E-state index is 4.60. The Balaban J connectivity index is 2.00. The summed E-state index contributed by atoms with van der Waals surface area (Å²) >= 11 is 3.31. The van der Waals surface area contributed by atoms with E-state index >= 15 is 0 Å². The number of hydrogen-bond donors (Lipinski definition) is 1. The largest absolute Gasteiger partial charge is 0.357 e. The van der Waals surface area contributed by atoms with Crippen molar-refractivity contribution in [3.8, 4) is 0 Å². The predicted molar refractivity (Wildman–Crippen MR) is 85.9 cm³/mol. The standard InChI is InChI=1S/C13H15N5S2/c1-8-10(20-7-15-8)6-18(3)11-9-4-5-19-12(9)17-13(14-2)16-11/h4-5,7H,6H2,1-3H3,(H,14,16,17). The second-order valence-electron chi connectivity index (χ2n) is 4.48. The number of nitrogens with one attached hydrogen (secondary N) is 1. The van der Waals surface area contributed by atoms with E-state index in [4.69, 9.17) is 0 Å². The number of hydrogen-bond acceptors (Lipinski definition) is 7. The lowest BCUT2D eigenvalue weighted by molar-refractivity contribution is 0.905. The zero-order chi connectivity index (χ0) is 14.1. The van der Waals surface area contributed by atoms with E-state index < -0.39 is 0 Å². The summed E-state index contributed by atoms with van der Waals surface area (Å²) in [6, 6.07) is 2.07. The second kappa shape index (κ2) is 5.34. The molecule has 1 N–H and O–H groups in total. The van der Waals surface area contributed by atoms with Crippen LogP contribution in [0.4, 0.5) is 11.8 Å². The van der Waals surface area contributed by atoms with Crippen molar-refractivity contribution in [3.63, 3.8) is 0 Å². The molecule has 3 aromatic rings. The van der Waals surface area contributed by atoms with Gasteiger partial charge in [-0.3, -0.25) is 0 Å². The van der Waals surface area contributed by atoms with E-state index in [1.165, 1.54) is 4.88 Å². The van der Waals surface area contributed by atoms with Crippen molar-refractivity contribution in [2.75, 3.05) is 24.3 Å². The zero-order valence-electron chi connectivity index (χ0n) is 11.5. The van der Waals surface area contributed by atoms with Crippen LogP contribution in [0.3, 0.4) is 0 Å². The molecule has 0 aliphatic carbocycles. The highest BCUT2D eigenvalue weighted by atomic mass is 32.1. The molecule has 0 saturated carbocycles. The van der Waals surface area contributed by atoms with Gasteiger partial charge in [-0.15, -0.1) is 22.7 Å². The number of nitrogens with zero attached hydrogens (tertiary/aromatic N) is 4. The smallest absolute Gasteiger partial charge is 0.225 e. The molecule has 0 radical (unpaired) electrons. The van der Waals surface area contributed by atoms with Gasteiger partial charge in [-0.05, 0) is 18.4 Å². The van der Waals surface area contributed by atoms with Gasteiger partial charge in [0.2, 0.25) is 5.95 Å². The molecule has 20 heavy (non-hydrogen) atoms. The minimum absolute atomic E-state index is 0.655. The zero-order valence-corrected chi connectivity index (χ0v) is 13.2. The fourth-order valence-electron chi connectivity index (χ4n) is 2.01. The normalized spacial score (nSPS) is 10.9. The van der Waals surface area contributed by atoms with E-state index in [2.05, 4.69) is 38.3 Å². The van der Waals surface area contributed by atoms with Crippen LogP contribution in [0.1, 0.15) is 10.6 Å². The molecule has 5 nitrogen and oxygen atoms in total. The summed E-state index contributed by atoms with van der Waals surface area (Å²) in [6.45, 7) is 2.85. The summed E-state index contributed by atoms with van der Waals surface area (Å²) in [6.07, 6.45) is 0. The molecule has 0 atom stereocenters. The van der Waals surface area contributed by atoms with Gasteiger partial charge >= 0.3 is 0 Å². The quantitative estimate of drug-likeness (QED) is 0.802. The first-order valence-corrected chi connectivity index (χ1v) is 7.98. The van der Waals surface area contributed by atoms with Crippen molar-refractivity contribution in [1.82, 2.24) is 15.0 Å². The van der Waals surface area contributed by atoms with Gasteiger partial charge in [0.05, 0.1) is 23.1 Å². The molecule has 0 fully saturated rings. The van der Waals surface area contributed by atoms with Crippen LogP contribution in [-0.2, 0) is 6.54 Å². The fraction of sp³-hybridized carbons (Fsp3) is 0.308. The molecular weight excluding hydrogens is 290 g/mol. The third kappa shape index (κ3) is 2.34. The van der Waals surface area contributed by atoms with Crippen LogP contribution in [0.5, 0.6) is 0 Å². The molecule has 0 unspecified atom stereocenters. The molecule has 3 heterocycles. The van der Waals surface area contributed by atoms with Gasteiger partial charge in [0, 0.05) is 19.0 Å². The maximum Gasteiger partial charge on any atom is 0.225 e. The highest BCUT2D eigenvalue weighted by Gasteiger charge is 2.14. The monoisotopic (exact) mass is 305 g/mol. The molecule has 104 valence electrons. The van der Waals surface area contributed by atoms with Crippen molar-refractivity contribution in [2.45, 2.75) is 13.5 Å². The van der Waals surface area contributed by atoms with Gasteiger partial charge in [-0.2, -0.15) is 4.98 Å². The van der Waals surface area contributed by atoms with Crippen LogP contribution >= 0.6 is 22.7 Å². The summed E-state index contributed by atoms with van der Waals surface area (Å²) in [5.41, 5.74) is 2.98. The van der Waals surface area contributed by atoms with Gasteiger partial charge in [0.25, 0.3) is 0 Å². The number of fused-ring (bicyclic) bond motifs is 1. The third-order valence-corrected chi connectivity index (χ3v) is 4.84. The van der Waals surface area contributed by atoms with E-state index in [1.807, 2.05) is 24.9 Å². The Labute approximate surface area is 125 Å². The molecule has 7 heteroatoms. The molecule has 0 aliphatic rings. The van der Waals surface area contributed by atoms with Gasteiger partial charge < -0.3 is 10.2 Å². The first-order valence-electron chi connectivity index (χ1n) is 6.22. The summed E-state index contributed by atoms with van der Waals surface area (Å²) in [4.78, 5) is 17.8. The molecule has 0 aliphatic heterocycles. The number of thiazole rings is 1. The molecule has 3 rings (SSSR count). The summed E-state index contributed by atoms with van der Waals surface area (Å²) in [5.74, 6) is 1.61. The number of aryl methyl sites for hydroxylation is 1. The molecule has 0 spiro atoms. The summed E-state index contributed by atoms with van der Waals surface area (Å²) in [5, 5.41) is 6.17. The van der Waals surface area contributed by atoms with Gasteiger partial charge in [-0.25, -0.2) is 9.97 Å². The number of anilines is 2. The van der Waals surface area contributed by atoms with Gasteiger partial charge in [0.15, 0.2) is 0 Å². The Kier molecular flexibility index (Phi) is 3.54. The van der Waals surface area contributed by atoms with Crippen LogP contribution in [-0.4, -0.2) is 29.0 Å². The van der Waals surface area contributed by atoms with Crippen molar-refractivity contribution in [1.29, 1.82) is 0 Å². The van der Waals surface area contributed by atoms with Crippen molar-refractivity contribution in [2.24, 2.45) is 0 Å². The van der Waals surface area contributed by atoms with E-state index in [1.54, 1.807) is 22.7 Å². The Morgan fingerprint density at radius 1 is 1.30 bits per heavy atom. The Morgan fingerprint density at radius 3 is 2.85 bits per heavy atom. The van der Waals surface area contributed by atoms with Crippen LogP contribution in [0.2, 0.25) is 0 Å². The average Bonchev–Trinajstić information content (AvgIpc) is 3.06. The average molecular weight is 305 g/mol. The summed E-state index contributed by atoms with van der Waals surface area (Å²) < 4.78 is 0. The lowest BCUT2D eigenvalue weighted by atomic mass is 10.3. The third-order valence-electron chi connectivity index (χ3n) is 3.12. The molecule has 3 aromatic heterocycles. The van der Waals surface area contributed by atoms with Crippen LogP contribution in [0, 0.1) is 6.92 Å². The SMILES string of the molecule is CNc1nc(N(C)Cc2scnc2C)c2ccsc2n1.